The summed E-state index contributed by atoms with van der Waals surface area (Å²) >= 11 is 3.53. The largest absolute Gasteiger partial charge is 0.508 e. The summed E-state index contributed by atoms with van der Waals surface area (Å²) in [5, 5.41) is 13.2. The molecule has 2 rings (SSSR count). The third-order valence-electron chi connectivity index (χ3n) is 3.25. The standard InChI is InChI=1S/C16H17BrFNO/c1-9-6-10(2)16(14(17)7-9)19-11(3)13-8-12(18)4-5-15(13)20/h4-8,11,19-20H,1-3H3. The van der Waals surface area contributed by atoms with Gasteiger partial charge in [0.25, 0.3) is 0 Å². The van der Waals surface area contributed by atoms with Gasteiger partial charge in [0.1, 0.15) is 11.6 Å². The van der Waals surface area contributed by atoms with E-state index in [9.17, 15) is 9.50 Å². The first kappa shape index (κ1) is 14.9. The van der Waals surface area contributed by atoms with Crippen molar-refractivity contribution in [2.75, 3.05) is 5.32 Å². The van der Waals surface area contributed by atoms with Crippen molar-refractivity contribution in [2.24, 2.45) is 0 Å². The van der Waals surface area contributed by atoms with Crippen LogP contribution in [0.15, 0.2) is 34.8 Å². The minimum absolute atomic E-state index is 0.0901. The number of hydrogen-bond donors (Lipinski definition) is 2. The minimum Gasteiger partial charge on any atom is -0.508 e. The third-order valence-corrected chi connectivity index (χ3v) is 3.87. The molecule has 0 aliphatic heterocycles. The molecule has 1 atom stereocenters. The van der Waals surface area contributed by atoms with Crippen molar-refractivity contribution in [1.82, 2.24) is 0 Å². The highest BCUT2D eigenvalue weighted by molar-refractivity contribution is 9.10. The van der Waals surface area contributed by atoms with Gasteiger partial charge in [-0.3, -0.25) is 0 Å². The lowest BCUT2D eigenvalue weighted by Crippen LogP contribution is -2.09. The van der Waals surface area contributed by atoms with Crippen molar-refractivity contribution in [3.05, 3.63) is 57.3 Å². The van der Waals surface area contributed by atoms with Crippen LogP contribution in [-0.4, -0.2) is 5.11 Å². The highest BCUT2D eigenvalue weighted by Crippen LogP contribution is 2.33. The van der Waals surface area contributed by atoms with Crippen LogP contribution >= 0.6 is 15.9 Å². The number of hydrogen-bond acceptors (Lipinski definition) is 2. The molecule has 2 aromatic carbocycles. The molecule has 2 aromatic rings. The molecule has 106 valence electrons. The summed E-state index contributed by atoms with van der Waals surface area (Å²) in [4.78, 5) is 0. The molecule has 20 heavy (non-hydrogen) atoms. The molecule has 0 aliphatic carbocycles. The second-order valence-corrected chi connectivity index (χ2v) is 5.86. The van der Waals surface area contributed by atoms with E-state index in [-0.39, 0.29) is 17.6 Å². The van der Waals surface area contributed by atoms with Crippen molar-refractivity contribution >= 4 is 21.6 Å². The van der Waals surface area contributed by atoms with Crippen molar-refractivity contribution in [3.8, 4) is 5.75 Å². The smallest absolute Gasteiger partial charge is 0.123 e. The van der Waals surface area contributed by atoms with E-state index in [1.807, 2.05) is 26.8 Å². The third kappa shape index (κ3) is 3.12. The van der Waals surface area contributed by atoms with Gasteiger partial charge in [-0.25, -0.2) is 4.39 Å². The summed E-state index contributed by atoms with van der Waals surface area (Å²) < 4.78 is 14.3. The van der Waals surface area contributed by atoms with Crippen LogP contribution in [0.25, 0.3) is 0 Å². The van der Waals surface area contributed by atoms with Gasteiger partial charge in [0, 0.05) is 10.0 Å². The Kier molecular flexibility index (Phi) is 4.33. The lowest BCUT2D eigenvalue weighted by Gasteiger charge is -2.20. The highest BCUT2D eigenvalue weighted by atomic mass is 79.9. The molecule has 1 unspecified atom stereocenters. The fourth-order valence-corrected chi connectivity index (χ4v) is 3.05. The Balaban J connectivity index is 2.32. The minimum atomic E-state index is -0.355. The van der Waals surface area contributed by atoms with Crippen LogP contribution in [0.4, 0.5) is 10.1 Å². The first-order valence-electron chi connectivity index (χ1n) is 6.40. The van der Waals surface area contributed by atoms with E-state index >= 15 is 0 Å². The number of anilines is 1. The molecule has 0 saturated carbocycles. The van der Waals surface area contributed by atoms with E-state index in [0.29, 0.717) is 5.56 Å². The summed E-state index contributed by atoms with van der Waals surface area (Å²) in [6, 6.07) is 7.87. The van der Waals surface area contributed by atoms with Gasteiger partial charge in [0.2, 0.25) is 0 Å². The Bertz CT molecular complexity index is 619. The monoisotopic (exact) mass is 337 g/mol. The number of nitrogens with one attached hydrogen (secondary N) is 1. The van der Waals surface area contributed by atoms with E-state index < -0.39 is 0 Å². The van der Waals surface area contributed by atoms with Gasteiger partial charge in [-0.05, 0) is 72.1 Å². The molecule has 2 nitrogen and oxygen atoms in total. The number of phenols is 1. The fourth-order valence-electron chi connectivity index (χ4n) is 2.26. The first-order chi connectivity index (χ1) is 9.38. The van der Waals surface area contributed by atoms with Gasteiger partial charge in [0.05, 0.1) is 11.7 Å². The van der Waals surface area contributed by atoms with Gasteiger partial charge in [-0.1, -0.05) is 6.07 Å². The molecule has 0 radical (unpaired) electrons. The number of aryl methyl sites for hydroxylation is 2. The van der Waals surface area contributed by atoms with Crippen molar-refractivity contribution < 1.29 is 9.50 Å². The van der Waals surface area contributed by atoms with Gasteiger partial charge in [0.15, 0.2) is 0 Å². The van der Waals surface area contributed by atoms with Crippen LogP contribution in [0.5, 0.6) is 5.75 Å². The molecule has 0 spiro atoms. The van der Waals surface area contributed by atoms with Crippen molar-refractivity contribution in [1.29, 1.82) is 0 Å². The maximum atomic E-state index is 13.3. The van der Waals surface area contributed by atoms with Gasteiger partial charge >= 0.3 is 0 Å². The van der Waals surface area contributed by atoms with E-state index in [1.54, 1.807) is 0 Å². The van der Waals surface area contributed by atoms with Crippen LogP contribution in [0.3, 0.4) is 0 Å². The number of aromatic hydroxyl groups is 1. The molecule has 2 N–H and O–H groups in total. The summed E-state index contributed by atoms with van der Waals surface area (Å²) in [5.74, 6) is -0.265. The molecular weight excluding hydrogens is 321 g/mol. The summed E-state index contributed by atoms with van der Waals surface area (Å²) in [5.41, 5.74) is 3.75. The fraction of sp³-hybridized carbons (Fsp3) is 0.250. The number of halogens is 2. The summed E-state index contributed by atoms with van der Waals surface area (Å²) in [6.07, 6.45) is 0. The van der Waals surface area contributed by atoms with Gasteiger partial charge in [-0.2, -0.15) is 0 Å². The van der Waals surface area contributed by atoms with Gasteiger partial charge in [-0.15, -0.1) is 0 Å². The molecule has 0 bridgehead atoms. The van der Waals surface area contributed by atoms with Gasteiger partial charge < -0.3 is 10.4 Å². The molecule has 0 amide bonds. The topological polar surface area (TPSA) is 32.3 Å². The van der Waals surface area contributed by atoms with Crippen LogP contribution in [0, 0.1) is 19.7 Å². The average molecular weight is 338 g/mol. The van der Waals surface area contributed by atoms with Crippen molar-refractivity contribution in [2.45, 2.75) is 26.8 Å². The Morgan fingerprint density at radius 2 is 1.90 bits per heavy atom. The van der Waals surface area contributed by atoms with Crippen LogP contribution in [-0.2, 0) is 0 Å². The normalized spacial score (nSPS) is 12.2. The highest BCUT2D eigenvalue weighted by Gasteiger charge is 2.14. The zero-order valence-corrected chi connectivity index (χ0v) is 13.3. The lowest BCUT2D eigenvalue weighted by molar-refractivity contribution is 0.462. The predicted octanol–water partition coefficient (Wildman–Crippen LogP) is 5.08. The maximum absolute atomic E-state index is 13.3. The van der Waals surface area contributed by atoms with E-state index in [2.05, 4.69) is 27.3 Å². The Morgan fingerprint density at radius 1 is 1.20 bits per heavy atom. The van der Waals surface area contributed by atoms with Crippen LogP contribution in [0.1, 0.15) is 29.7 Å². The first-order valence-corrected chi connectivity index (χ1v) is 7.19. The Morgan fingerprint density at radius 3 is 2.55 bits per heavy atom. The Labute approximate surface area is 126 Å². The summed E-state index contributed by atoms with van der Waals surface area (Å²) in [7, 11) is 0. The molecule has 4 heteroatoms. The molecule has 0 saturated heterocycles. The second kappa shape index (κ2) is 5.83. The molecule has 0 fully saturated rings. The predicted molar refractivity (Wildman–Crippen MR) is 83.7 cm³/mol. The Hall–Kier alpha value is -1.55. The molecule has 0 aliphatic rings. The SMILES string of the molecule is Cc1cc(C)c(NC(C)c2cc(F)ccc2O)c(Br)c1. The maximum Gasteiger partial charge on any atom is 0.123 e. The van der Waals surface area contributed by atoms with E-state index in [0.717, 1.165) is 15.7 Å². The number of rotatable bonds is 3. The summed E-state index contributed by atoms with van der Waals surface area (Å²) in [6.45, 7) is 5.93. The average Bonchev–Trinajstić information content (AvgIpc) is 2.36. The molecular formula is C16H17BrFNO. The zero-order chi connectivity index (χ0) is 14.9. The van der Waals surface area contributed by atoms with Crippen LogP contribution in [0.2, 0.25) is 0 Å². The second-order valence-electron chi connectivity index (χ2n) is 5.01. The quantitative estimate of drug-likeness (QED) is 0.818. The number of benzene rings is 2. The number of phenolic OH excluding ortho intramolecular Hbond substituents is 1. The van der Waals surface area contributed by atoms with Crippen LogP contribution < -0.4 is 5.32 Å². The van der Waals surface area contributed by atoms with Crippen molar-refractivity contribution in [3.63, 3.8) is 0 Å². The zero-order valence-electron chi connectivity index (χ0n) is 11.7. The van der Waals surface area contributed by atoms with E-state index in [1.165, 1.54) is 23.8 Å². The molecule has 0 heterocycles. The molecule has 0 aromatic heterocycles. The lowest BCUT2D eigenvalue weighted by atomic mass is 10.0. The van der Waals surface area contributed by atoms with E-state index in [4.69, 9.17) is 0 Å².